The summed E-state index contributed by atoms with van der Waals surface area (Å²) in [5.41, 5.74) is 2.20. The Hall–Kier alpha value is -2.52. The fourth-order valence-electron chi connectivity index (χ4n) is 2.51. The molecule has 0 bridgehead atoms. The predicted molar refractivity (Wildman–Crippen MR) is 95.1 cm³/mol. The zero-order valence-electron chi connectivity index (χ0n) is 13.2. The fraction of sp³-hybridized carbons (Fsp3) is 0.200. The number of para-hydroxylation sites is 1. The Bertz CT molecular complexity index is 785. The molecule has 3 nitrogen and oxygen atoms in total. The van der Waals surface area contributed by atoms with Gasteiger partial charge in [-0.05, 0) is 41.5 Å². The number of hydrogen-bond donors (Lipinski definition) is 2. The molecule has 23 heavy (non-hydrogen) atoms. The van der Waals surface area contributed by atoms with Crippen LogP contribution in [0.15, 0.2) is 66.7 Å². The van der Waals surface area contributed by atoms with E-state index in [1.807, 2.05) is 61.5 Å². The molecule has 0 aliphatic rings. The molecule has 1 atom stereocenters. The van der Waals surface area contributed by atoms with E-state index in [9.17, 15) is 5.11 Å². The lowest BCUT2D eigenvalue weighted by molar-refractivity contribution is 0.117. The Labute approximate surface area is 136 Å². The lowest BCUT2D eigenvalue weighted by atomic mass is 10.1. The van der Waals surface area contributed by atoms with E-state index in [1.165, 1.54) is 5.39 Å². The van der Waals surface area contributed by atoms with E-state index < -0.39 is 6.10 Å². The molecule has 2 N–H and O–H groups in total. The van der Waals surface area contributed by atoms with Gasteiger partial charge in [-0.2, -0.15) is 0 Å². The summed E-state index contributed by atoms with van der Waals surface area (Å²) in [7, 11) is 0. The molecule has 0 aliphatic carbocycles. The lowest BCUT2D eigenvalue weighted by Crippen LogP contribution is -2.26. The molecule has 1 unspecified atom stereocenters. The normalized spacial score (nSPS) is 12.1. The van der Waals surface area contributed by atoms with Crippen LogP contribution in [0.5, 0.6) is 5.75 Å². The van der Waals surface area contributed by atoms with Crippen molar-refractivity contribution >= 4 is 16.5 Å². The van der Waals surface area contributed by atoms with Crippen molar-refractivity contribution in [1.29, 1.82) is 0 Å². The number of benzene rings is 3. The van der Waals surface area contributed by atoms with Gasteiger partial charge in [0.25, 0.3) is 0 Å². The van der Waals surface area contributed by atoms with E-state index in [0.717, 1.165) is 22.4 Å². The highest BCUT2D eigenvalue weighted by atomic mass is 16.5. The standard InChI is InChI=1S/C20H21NO2/c1-15-6-2-5-9-20(15)21-13-18(22)14-23-19-11-10-16-7-3-4-8-17(16)12-19/h2-12,18,21-22H,13-14H2,1H3. The summed E-state index contributed by atoms with van der Waals surface area (Å²) < 4.78 is 5.70. The van der Waals surface area contributed by atoms with Crippen molar-refractivity contribution in [3.05, 3.63) is 72.3 Å². The van der Waals surface area contributed by atoms with Crippen LogP contribution < -0.4 is 10.1 Å². The first-order valence-electron chi connectivity index (χ1n) is 7.81. The Morgan fingerprint density at radius 2 is 1.70 bits per heavy atom. The van der Waals surface area contributed by atoms with Crippen LogP contribution in [0.2, 0.25) is 0 Å². The predicted octanol–water partition coefficient (Wildman–Crippen LogP) is 4.00. The first-order valence-corrected chi connectivity index (χ1v) is 7.81. The van der Waals surface area contributed by atoms with Crippen LogP contribution in [0.3, 0.4) is 0 Å². The fourth-order valence-corrected chi connectivity index (χ4v) is 2.51. The number of fused-ring (bicyclic) bond motifs is 1. The average Bonchev–Trinajstić information content (AvgIpc) is 2.59. The molecule has 3 aromatic carbocycles. The van der Waals surface area contributed by atoms with Gasteiger partial charge in [0.1, 0.15) is 18.5 Å². The number of rotatable bonds is 6. The summed E-state index contributed by atoms with van der Waals surface area (Å²) in [4.78, 5) is 0. The maximum absolute atomic E-state index is 10.1. The summed E-state index contributed by atoms with van der Waals surface area (Å²) in [5, 5.41) is 15.7. The second-order valence-corrected chi connectivity index (χ2v) is 5.67. The maximum Gasteiger partial charge on any atom is 0.120 e. The summed E-state index contributed by atoms with van der Waals surface area (Å²) in [5.74, 6) is 0.777. The summed E-state index contributed by atoms with van der Waals surface area (Å²) in [6.07, 6.45) is -0.568. The molecule has 3 rings (SSSR count). The molecular formula is C20H21NO2. The van der Waals surface area contributed by atoms with Gasteiger partial charge in [-0.3, -0.25) is 0 Å². The van der Waals surface area contributed by atoms with Gasteiger partial charge in [0.15, 0.2) is 0 Å². The van der Waals surface area contributed by atoms with Gasteiger partial charge in [-0.1, -0.05) is 48.5 Å². The molecule has 0 saturated carbocycles. The zero-order chi connectivity index (χ0) is 16.1. The molecule has 0 radical (unpaired) electrons. The molecule has 0 amide bonds. The lowest BCUT2D eigenvalue weighted by Gasteiger charge is -2.15. The molecule has 0 spiro atoms. The molecule has 0 fully saturated rings. The van der Waals surface area contributed by atoms with Gasteiger partial charge < -0.3 is 15.2 Å². The molecule has 3 heteroatoms. The third-order valence-corrected chi connectivity index (χ3v) is 3.84. The van der Waals surface area contributed by atoms with Gasteiger partial charge in [-0.25, -0.2) is 0 Å². The van der Waals surface area contributed by atoms with Crippen molar-refractivity contribution in [2.24, 2.45) is 0 Å². The van der Waals surface area contributed by atoms with Gasteiger partial charge in [-0.15, -0.1) is 0 Å². The summed E-state index contributed by atoms with van der Waals surface area (Å²) in [6.45, 7) is 2.76. The molecule has 0 aliphatic heterocycles. The molecule has 3 aromatic rings. The smallest absolute Gasteiger partial charge is 0.120 e. The second kappa shape index (κ2) is 7.16. The van der Waals surface area contributed by atoms with Gasteiger partial charge >= 0.3 is 0 Å². The van der Waals surface area contributed by atoms with E-state index in [4.69, 9.17) is 4.74 Å². The van der Waals surface area contributed by atoms with Crippen molar-refractivity contribution in [2.75, 3.05) is 18.5 Å². The third kappa shape index (κ3) is 4.02. The number of aliphatic hydroxyl groups excluding tert-OH is 1. The molecule has 0 heterocycles. The van der Waals surface area contributed by atoms with E-state index >= 15 is 0 Å². The molecule has 0 aromatic heterocycles. The van der Waals surface area contributed by atoms with Crippen LogP contribution in [0.25, 0.3) is 10.8 Å². The number of aryl methyl sites for hydroxylation is 1. The van der Waals surface area contributed by atoms with Gasteiger partial charge in [0, 0.05) is 12.2 Å². The Morgan fingerprint density at radius 1 is 0.957 bits per heavy atom. The van der Waals surface area contributed by atoms with Crippen molar-refractivity contribution in [3.8, 4) is 5.75 Å². The van der Waals surface area contributed by atoms with Gasteiger partial charge in [0.2, 0.25) is 0 Å². The zero-order valence-corrected chi connectivity index (χ0v) is 13.2. The highest BCUT2D eigenvalue weighted by molar-refractivity contribution is 5.83. The monoisotopic (exact) mass is 307 g/mol. The SMILES string of the molecule is Cc1ccccc1NCC(O)COc1ccc2ccccc2c1. The van der Waals surface area contributed by atoms with Crippen molar-refractivity contribution in [2.45, 2.75) is 13.0 Å². The number of ether oxygens (including phenoxy) is 1. The number of aliphatic hydroxyl groups is 1. The van der Waals surface area contributed by atoms with E-state index in [0.29, 0.717) is 6.54 Å². The largest absolute Gasteiger partial charge is 0.491 e. The van der Waals surface area contributed by atoms with Crippen molar-refractivity contribution < 1.29 is 9.84 Å². The molecule has 118 valence electrons. The van der Waals surface area contributed by atoms with Crippen LogP contribution in [0, 0.1) is 6.92 Å². The quantitative estimate of drug-likeness (QED) is 0.723. The van der Waals surface area contributed by atoms with Crippen molar-refractivity contribution in [3.63, 3.8) is 0 Å². The number of nitrogens with one attached hydrogen (secondary N) is 1. The number of anilines is 1. The topological polar surface area (TPSA) is 41.5 Å². The first-order chi connectivity index (χ1) is 11.2. The van der Waals surface area contributed by atoms with Crippen LogP contribution in [-0.4, -0.2) is 24.4 Å². The Balaban J connectivity index is 1.53. The summed E-state index contributed by atoms with van der Waals surface area (Å²) >= 11 is 0. The van der Waals surface area contributed by atoms with E-state index in [1.54, 1.807) is 0 Å². The molecular weight excluding hydrogens is 286 g/mol. The van der Waals surface area contributed by atoms with Crippen LogP contribution in [0.4, 0.5) is 5.69 Å². The average molecular weight is 307 g/mol. The summed E-state index contributed by atoms with van der Waals surface area (Å²) in [6, 6.07) is 22.1. The van der Waals surface area contributed by atoms with Crippen LogP contribution in [-0.2, 0) is 0 Å². The Kier molecular flexibility index (Phi) is 4.79. The van der Waals surface area contributed by atoms with Crippen LogP contribution in [0.1, 0.15) is 5.56 Å². The maximum atomic E-state index is 10.1. The third-order valence-electron chi connectivity index (χ3n) is 3.84. The van der Waals surface area contributed by atoms with E-state index in [2.05, 4.69) is 17.4 Å². The minimum Gasteiger partial charge on any atom is -0.491 e. The van der Waals surface area contributed by atoms with Crippen molar-refractivity contribution in [1.82, 2.24) is 0 Å². The Morgan fingerprint density at radius 3 is 2.52 bits per heavy atom. The minimum atomic E-state index is -0.568. The van der Waals surface area contributed by atoms with E-state index in [-0.39, 0.29) is 6.61 Å². The second-order valence-electron chi connectivity index (χ2n) is 5.67. The first kappa shape index (κ1) is 15.4. The van der Waals surface area contributed by atoms with Gasteiger partial charge in [0.05, 0.1) is 0 Å². The number of hydrogen-bond acceptors (Lipinski definition) is 3. The molecule has 0 saturated heterocycles. The highest BCUT2D eigenvalue weighted by Crippen LogP contribution is 2.20. The highest BCUT2D eigenvalue weighted by Gasteiger charge is 2.06. The minimum absolute atomic E-state index is 0.261. The van der Waals surface area contributed by atoms with Crippen LogP contribution >= 0.6 is 0 Å².